The minimum atomic E-state index is -0.899. The first-order valence-corrected chi connectivity index (χ1v) is 12.9. The average Bonchev–Trinajstić information content (AvgIpc) is 3.22. The zero-order valence-electron chi connectivity index (χ0n) is 20.2. The third-order valence-corrected chi connectivity index (χ3v) is 6.91. The molecule has 2 aromatic carbocycles. The SMILES string of the molecule is CCOc1cc(Cl)c(-c2nc3cnc(NCc4ccc(F)c(F)c4)nc3n2CC2CCCNC2)c(Cl)c1. The summed E-state index contributed by atoms with van der Waals surface area (Å²) in [5, 5.41) is 7.40. The van der Waals surface area contributed by atoms with Crippen LogP contribution in [0, 0.1) is 17.6 Å². The van der Waals surface area contributed by atoms with Gasteiger partial charge in [-0.25, -0.2) is 18.7 Å². The fourth-order valence-corrected chi connectivity index (χ4v) is 5.19. The largest absolute Gasteiger partial charge is 0.494 e. The molecule has 194 valence electrons. The standard InChI is InChI=1S/C26H26Cl2F2N6O/c1-2-37-17-9-18(27)23(19(28)10-17)25-34-22-13-33-26(32-12-15-5-6-20(29)21(30)8-15)35-24(22)36(25)14-16-4-3-7-31-11-16/h5-6,8-10,13,16,31H,2-4,7,11-12,14H2,1H3,(H,32,33,35). The van der Waals surface area contributed by atoms with Gasteiger partial charge in [0, 0.05) is 13.1 Å². The van der Waals surface area contributed by atoms with Gasteiger partial charge in [0.2, 0.25) is 5.95 Å². The minimum Gasteiger partial charge on any atom is -0.494 e. The molecule has 0 spiro atoms. The molecule has 7 nitrogen and oxygen atoms in total. The lowest BCUT2D eigenvalue weighted by Crippen LogP contribution is -2.32. The van der Waals surface area contributed by atoms with E-state index in [0.717, 1.165) is 38.1 Å². The molecule has 1 aliphatic rings. The number of halogens is 4. The number of rotatable bonds is 8. The molecule has 1 unspecified atom stereocenters. The maximum Gasteiger partial charge on any atom is 0.225 e. The van der Waals surface area contributed by atoms with Crippen LogP contribution in [0.3, 0.4) is 0 Å². The van der Waals surface area contributed by atoms with Crippen molar-refractivity contribution in [3.8, 4) is 17.1 Å². The number of nitrogens with zero attached hydrogens (tertiary/aromatic N) is 4. The molecule has 3 heterocycles. The van der Waals surface area contributed by atoms with Gasteiger partial charge in [-0.1, -0.05) is 29.3 Å². The minimum absolute atomic E-state index is 0.229. The highest BCUT2D eigenvalue weighted by atomic mass is 35.5. The van der Waals surface area contributed by atoms with Crippen molar-refractivity contribution >= 4 is 40.3 Å². The Morgan fingerprint density at radius 1 is 1.14 bits per heavy atom. The van der Waals surface area contributed by atoms with Crippen LogP contribution in [-0.2, 0) is 13.1 Å². The molecule has 0 bridgehead atoms. The highest BCUT2D eigenvalue weighted by Crippen LogP contribution is 2.39. The van der Waals surface area contributed by atoms with Crippen molar-refractivity contribution in [1.82, 2.24) is 24.8 Å². The van der Waals surface area contributed by atoms with Crippen molar-refractivity contribution in [2.45, 2.75) is 32.9 Å². The Morgan fingerprint density at radius 2 is 1.95 bits per heavy atom. The van der Waals surface area contributed by atoms with Gasteiger partial charge in [-0.05, 0) is 68.6 Å². The third kappa shape index (κ3) is 5.63. The number of imidazole rings is 1. The van der Waals surface area contributed by atoms with Crippen LogP contribution in [0.4, 0.5) is 14.7 Å². The molecule has 1 fully saturated rings. The topological polar surface area (TPSA) is 76.9 Å². The smallest absolute Gasteiger partial charge is 0.225 e. The summed E-state index contributed by atoms with van der Waals surface area (Å²) in [6.07, 6.45) is 3.79. The molecule has 4 aromatic rings. The van der Waals surface area contributed by atoms with Gasteiger partial charge in [-0.2, -0.15) is 4.98 Å². The summed E-state index contributed by atoms with van der Waals surface area (Å²) in [6, 6.07) is 7.23. The van der Waals surface area contributed by atoms with E-state index in [-0.39, 0.29) is 6.54 Å². The highest BCUT2D eigenvalue weighted by molar-refractivity contribution is 6.39. The van der Waals surface area contributed by atoms with E-state index in [9.17, 15) is 8.78 Å². The summed E-state index contributed by atoms with van der Waals surface area (Å²) in [5.74, 6) is 0.120. The molecular formula is C26H26Cl2F2N6O. The molecule has 0 saturated carbocycles. The number of fused-ring (bicyclic) bond motifs is 1. The van der Waals surface area contributed by atoms with Crippen molar-refractivity contribution < 1.29 is 13.5 Å². The van der Waals surface area contributed by atoms with E-state index < -0.39 is 11.6 Å². The number of hydrogen-bond donors (Lipinski definition) is 2. The van der Waals surface area contributed by atoms with Crippen LogP contribution in [0.15, 0.2) is 36.5 Å². The summed E-state index contributed by atoms with van der Waals surface area (Å²) in [4.78, 5) is 13.9. The van der Waals surface area contributed by atoms with Gasteiger partial charge in [-0.15, -0.1) is 0 Å². The molecule has 1 saturated heterocycles. The van der Waals surface area contributed by atoms with Gasteiger partial charge in [0.15, 0.2) is 17.3 Å². The molecule has 0 radical (unpaired) electrons. The van der Waals surface area contributed by atoms with Gasteiger partial charge in [0.25, 0.3) is 0 Å². The van der Waals surface area contributed by atoms with Crippen LogP contribution in [0.1, 0.15) is 25.3 Å². The van der Waals surface area contributed by atoms with E-state index in [4.69, 9.17) is 37.9 Å². The van der Waals surface area contributed by atoms with E-state index in [1.54, 1.807) is 18.3 Å². The first kappa shape index (κ1) is 25.6. The first-order valence-electron chi connectivity index (χ1n) is 12.2. The molecule has 1 aliphatic heterocycles. The zero-order valence-corrected chi connectivity index (χ0v) is 21.7. The molecular weight excluding hydrogens is 521 g/mol. The lowest BCUT2D eigenvalue weighted by molar-refractivity contribution is 0.340. The van der Waals surface area contributed by atoms with Crippen LogP contribution >= 0.6 is 23.2 Å². The normalized spacial score (nSPS) is 15.8. The first-order chi connectivity index (χ1) is 17.9. The van der Waals surface area contributed by atoms with Gasteiger partial charge in [-0.3, -0.25) is 0 Å². The second kappa shape index (κ2) is 11.2. The number of benzene rings is 2. The Hall–Kier alpha value is -3.01. The van der Waals surface area contributed by atoms with Crippen molar-refractivity contribution in [3.63, 3.8) is 0 Å². The molecule has 2 N–H and O–H groups in total. The van der Waals surface area contributed by atoms with Gasteiger partial charge >= 0.3 is 0 Å². The maximum absolute atomic E-state index is 13.6. The van der Waals surface area contributed by atoms with E-state index in [2.05, 4.69) is 15.6 Å². The molecule has 37 heavy (non-hydrogen) atoms. The number of anilines is 1. The molecule has 0 amide bonds. The molecule has 1 atom stereocenters. The van der Waals surface area contributed by atoms with Crippen LogP contribution in [0.25, 0.3) is 22.6 Å². The summed E-state index contributed by atoms with van der Waals surface area (Å²) in [6.45, 7) is 5.17. The van der Waals surface area contributed by atoms with Crippen LogP contribution < -0.4 is 15.4 Å². The number of nitrogens with one attached hydrogen (secondary N) is 2. The fourth-order valence-electron chi connectivity index (χ4n) is 4.55. The van der Waals surface area contributed by atoms with E-state index in [1.165, 1.54) is 6.07 Å². The van der Waals surface area contributed by atoms with E-state index in [0.29, 0.717) is 68.9 Å². The molecule has 0 aliphatic carbocycles. The average molecular weight is 547 g/mol. The van der Waals surface area contributed by atoms with Crippen molar-refractivity contribution in [1.29, 1.82) is 0 Å². The van der Waals surface area contributed by atoms with Crippen molar-refractivity contribution in [2.75, 3.05) is 25.0 Å². The predicted molar refractivity (Wildman–Crippen MR) is 141 cm³/mol. The number of aromatic nitrogens is 4. The second-order valence-electron chi connectivity index (χ2n) is 8.96. The van der Waals surface area contributed by atoms with Crippen LogP contribution in [-0.4, -0.2) is 39.2 Å². The molecule has 11 heteroatoms. The Morgan fingerprint density at radius 3 is 2.65 bits per heavy atom. The number of ether oxygens (including phenoxy) is 1. The third-order valence-electron chi connectivity index (χ3n) is 6.31. The molecule has 2 aromatic heterocycles. The van der Waals surface area contributed by atoms with E-state index >= 15 is 0 Å². The fraction of sp³-hybridized carbons (Fsp3) is 0.346. The van der Waals surface area contributed by atoms with Gasteiger partial charge in [0.1, 0.15) is 17.1 Å². The number of piperidine rings is 1. The monoisotopic (exact) mass is 546 g/mol. The maximum atomic E-state index is 13.6. The summed E-state index contributed by atoms with van der Waals surface area (Å²) < 4.78 is 34.5. The lowest BCUT2D eigenvalue weighted by Gasteiger charge is -2.24. The Kier molecular flexibility index (Phi) is 7.73. The summed E-state index contributed by atoms with van der Waals surface area (Å²) in [5.41, 5.74) is 2.39. The Labute approximate surface area is 223 Å². The van der Waals surface area contributed by atoms with Crippen LogP contribution in [0.2, 0.25) is 10.0 Å². The van der Waals surface area contributed by atoms with Crippen LogP contribution in [0.5, 0.6) is 5.75 Å². The lowest BCUT2D eigenvalue weighted by atomic mass is 9.99. The Bertz CT molecular complexity index is 1400. The second-order valence-corrected chi connectivity index (χ2v) is 9.77. The highest BCUT2D eigenvalue weighted by Gasteiger charge is 2.24. The quantitative estimate of drug-likeness (QED) is 0.278. The Balaban J connectivity index is 1.53. The van der Waals surface area contributed by atoms with Gasteiger partial charge in [0.05, 0.1) is 28.4 Å². The zero-order chi connectivity index (χ0) is 25.9. The van der Waals surface area contributed by atoms with Crippen molar-refractivity contribution in [3.05, 3.63) is 63.8 Å². The number of hydrogen-bond acceptors (Lipinski definition) is 6. The summed E-state index contributed by atoms with van der Waals surface area (Å²) in [7, 11) is 0. The molecule has 5 rings (SSSR count). The summed E-state index contributed by atoms with van der Waals surface area (Å²) >= 11 is 13.4. The van der Waals surface area contributed by atoms with Crippen molar-refractivity contribution in [2.24, 2.45) is 5.92 Å². The van der Waals surface area contributed by atoms with Gasteiger partial charge < -0.3 is 19.9 Å². The van der Waals surface area contributed by atoms with E-state index in [1.807, 2.05) is 11.5 Å². The predicted octanol–water partition coefficient (Wildman–Crippen LogP) is 6.09.